The average Bonchev–Trinajstić information content (AvgIpc) is 3.14. The normalized spacial score (nSPS) is 11.6. The molecule has 1 aromatic heterocycles. The van der Waals surface area contributed by atoms with Crippen LogP contribution in [-0.2, 0) is 16.6 Å². The lowest BCUT2D eigenvalue weighted by Crippen LogP contribution is -2.11. The Morgan fingerprint density at radius 1 is 0.964 bits per heavy atom. The molecular formula is C20H14F2N2O3S. The first-order valence-corrected chi connectivity index (χ1v) is 9.74. The van der Waals surface area contributed by atoms with Gasteiger partial charge in [0, 0.05) is 11.6 Å². The zero-order valence-corrected chi connectivity index (χ0v) is 15.2. The number of benzene rings is 3. The molecule has 3 aromatic carbocycles. The van der Waals surface area contributed by atoms with Gasteiger partial charge in [0.05, 0.1) is 15.9 Å². The monoisotopic (exact) mass is 400 g/mol. The zero-order chi connectivity index (χ0) is 19.7. The van der Waals surface area contributed by atoms with Gasteiger partial charge in [-0.25, -0.2) is 26.2 Å². The fourth-order valence-electron chi connectivity index (χ4n) is 2.84. The third kappa shape index (κ3) is 3.22. The summed E-state index contributed by atoms with van der Waals surface area (Å²) >= 11 is 0. The van der Waals surface area contributed by atoms with Crippen LogP contribution < -0.4 is 4.74 Å². The third-order valence-corrected chi connectivity index (χ3v) is 5.88. The smallest absolute Gasteiger partial charge is 0.269 e. The molecule has 0 N–H and O–H groups in total. The van der Waals surface area contributed by atoms with Crippen molar-refractivity contribution >= 4 is 21.1 Å². The van der Waals surface area contributed by atoms with Crippen molar-refractivity contribution in [1.29, 1.82) is 0 Å². The fourth-order valence-corrected chi connectivity index (χ4v) is 4.14. The van der Waals surface area contributed by atoms with Crippen LogP contribution in [0.5, 0.6) is 5.75 Å². The molecule has 5 nitrogen and oxygen atoms in total. The Bertz CT molecular complexity index is 1260. The van der Waals surface area contributed by atoms with Crippen molar-refractivity contribution in [1.82, 2.24) is 8.96 Å². The number of halogens is 2. The molecule has 4 aromatic rings. The first-order chi connectivity index (χ1) is 13.5. The molecule has 0 radical (unpaired) electrons. The largest absolute Gasteiger partial charge is 0.486 e. The number of nitrogens with zero attached hydrogens (tertiary/aromatic N) is 2. The van der Waals surface area contributed by atoms with Gasteiger partial charge in [-0.1, -0.05) is 30.3 Å². The fraction of sp³-hybridized carbons (Fsp3) is 0.0500. The van der Waals surface area contributed by atoms with Gasteiger partial charge in [-0.15, -0.1) is 0 Å². The van der Waals surface area contributed by atoms with E-state index in [4.69, 9.17) is 4.74 Å². The van der Waals surface area contributed by atoms with E-state index in [1.807, 2.05) is 0 Å². The van der Waals surface area contributed by atoms with Crippen molar-refractivity contribution in [2.75, 3.05) is 0 Å². The van der Waals surface area contributed by atoms with Crippen molar-refractivity contribution in [3.05, 3.63) is 90.3 Å². The van der Waals surface area contributed by atoms with Gasteiger partial charge in [-0.3, -0.25) is 0 Å². The number of aromatic nitrogens is 2. The molecule has 0 amide bonds. The molecule has 0 aliphatic carbocycles. The second kappa shape index (κ2) is 7.05. The van der Waals surface area contributed by atoms with Gasteiger partial charge in [-0.2, -0.15) is 0 Å². The van der Waals surface area contributed by atoms with E-state index in [1.165, 1.54) is 24.5 Å². The first kappa shape index (κ1) is 18.1. The van der Waals surface area contributed by atoms with Crippen LogP contribution in [0.4, 0.5) is 8.78 Å². The molecule has 142 valence electrons. The van der Waals surface area contributed by atoms with Gasteiger partial charge in [0.2, 0.25) is 0 Å². The summed E-state index contributed by atoms with van der Waals surface area (Å²) < 4.78 is 59.0. The summed E-state index contributed by atoms with van der Waals surface area (Å²) in [6.07, 6.45) is 1.23. The SMILES string of the molecule is O=S(=O)(c1ccccc1)n1cnc2c(COc3ccc(F)cc3F)cccc21. The van der Waals surface area contributed by atoms with Gasteiger partial charge in [0.1, 0.15) is 18.8 Å². The van der Waals surface area contributed by atoms with E-state index in [-0.39, 0.29) is 17.3 Å². The Hall–Kier alpha value is -3.26. The van der Waals surface area contributed by atoms with Crippen molar-refractivity contribution < 1.29 is 21.9 Å². The molecule has 0 fully saturated rings. The first-order valence-electron chi connectivity index (χ1n) is 8.30. The Kier molecular flexibility index (Phi) is 4.56. The summed E-state index contributed by atoms with van der Waals surface area (Å²) in [6, 6.07) is 16.1. The van der Waals surface area contributed by atoms with Crippen LogP contribution in [0.15, 0.2) is 78.0 Å². The Balaban J connectivity index is 1.69. The molecule has 0 aliphatic rings. The zero-order valence-electron chi connectivity index (χ0n) is 14.4. The molecule has 0 bridgehead atoms. The van der Waals surface area contributed by atoms with Gasteiger partial charge in [0.15, 0.2) is 11.6 Å². The lowest BCUT2D eigenvalue weighted by Gasteiger charge is -2.09. The maximum Gasteiger partial charge on any atom is 0.269 e. The van der Waals surface area contributed by atoms with Gasteiger partial charge in [0.25, 0.3) is 10.0 Å². The van der Waals surface area contributed by atoms with Crippen LogP contribution >= 0.6 is 0 Å². The van der Waals surface area contributed by atoms with E-state index in [0.717, 1.165) is 16.1 Å². The summed E-state index contributed by atoms with van der Waals surface area (Å²) in [7, 11) is -3.81. The number of imidazole rings is 1. The van der Waals surface area contributed by atoms with E-state index >= 15 is 0 Å². The molecule has 0 saturated heterocycles. The predicted octanol–water partition coefficient (Wildman–Crippen LogP) is 4.13. The minimum Gasteiger partial charge on any atom is -0.486 e. The number of para-hydroxylation sites is 1. The number of ether oxygens (including phenoxy) is 1. The van der Waals surface area contributed by atoms with E-state index in [2.05, 4.69) is 4.98 Å². The van der Waals surface area contributed by atoms with E-state index < -0.39 is 21.7 Å². The van der Waals surface area contributed by atoms with Crippen molar-refractivity contribution in [2.24, 2.45) is 0 Å². The summed E-state index contributed by atoms with van der Waals surface area (Å²) in [5.74, 6) is -1.61. The topological polar surface area (TPSA) is 61.2 Å². The van der Waals surface area contributed by atoms with Crippen LogP contribution in [0, 0.1) is 11.6 Å². The van der Waals surface area contributed by atoms with Crippen LogP contribution in [0.1, 0.15) is 5.56 Å². The minimum atomic E-state index is -3.81. The molecule has 0 aliphatic heterocycles. The molecule has 4 rings (SSSR count). The maximum absolute atomic E-state index is 13.8. The molecule has 0 saturated carbocycles. The number of hydrogen-bond acceptors (Lipinski definition) is 4. The average molecular weight is 400 g/mol. The second-order valence-corrected chi connectivity index (χ2v) is 7.82. The second-order valence-electron chi connectivity index (χ2n) is 6.01. The molecule has 0 unspecified atom stereocenters. The standard InChI is InChI=1S/C20H14F2N2O3S/c21-15-9-10-19(17(22)11-15)27-12-14-5-4-8-18-20(14)23-13-24(18)28(25,26)16-6-2-1-3-7-16/h1-11,13H,12H2. The highest BCUT2D eigenvalue weighted by Crippen LogP contribution is 2.25. The highest BCUT2D eigenvalue weighted by Gasteiger charge is 2.20. The van der Waals surface area contributed by atoms with Crippen LogP contribution in [0.3, 0.4) is 0 Å². The Labute approximate surface area is 159 Å². The third-order valence-electron chi connectivity index (χ3n) is 4.20. The molecule has 0 atom stereocenters. The summed E-state index contributed by atoms with van der Waals surface area (Å²) in [6.45, 7) is -0.0533. The van der Waals surface area contributed by atoms with E-state index in [1.54, 1.807) is 36.4 Å². The van der Waals surface area contributed by atoms with Crippen molar-refractivity contribution in [3.8, 4) is 5.75 Å². The maximum atomic E-state index is 13.8. The number of hydrogen-bond donors (Lipinski definition) is 0. The molecule has 28 heavy (non-hydrogen) atoms. The van der Waals surface area contributed by atoms with E-state index in [9.17, 15) is 17.2 Å². The predicted molar refractivity (Wildman–Crippen MR) is 99.4 cm³/mol. The lowest BCUT2D eigenvalue weighted by atomic mass is 10.2. The highest BCUT2D eigenvalue weighted by atomic mass is 32.2. The molecule has 0 spiro atoms. The molecule has 8 heteroatoms. The van der Waals surface area contributed by atoms with Crippen LogP contribution in [0.2, 0.25) is 0 Å². The van der Waals surface area contributed by atoms with Crippen molar-refractivity contribution in [2.45, 2.75) is 11.5 Å². The highest BCUT2D eigenvalue weighted by molar-refractivity contribution is 7.90. The summed E-state index contributed by atoms with van der Waals surface area (Å²) in [4.78, 5) is 4.35. The Morgan fingerprint density at radius 2 is 1.75 bits per heavy atom. The van der Waals surface area contributed by atoms with Gasteiger partial charge < -0.3 is 4.74 Å². The van der Waals surface area contributed by atoms with Gasteiger partial charge >= 0.3 is 0 Å². The summed E-state index contributed by atoms with van der Waals surface area (Å²) in [5, 5.41) is 0. The van der Waals surface area contributed by atoms with Crippen LogP contribution in [-0.4, -0.2) is 17.4 Å². The minimum absolute atomic E-state index is 0.0533. The van der Waals surface area contributed by atoms with Gasteiger partial charge in [-0.05, 0) is 30.3 Å². The lowest BCUT2D eigenvalue weighted by molar-refractivity contribution is 0.290. The van der Waals surface area contributed by atoms with Crippen molar-refractivity contribution in [3.63, 3.8) is 0 Å². The quantitative estimate of drug-likeness (QED) is 0.505. The van der Waals surface area contributed by atoms with E-state index in [0.29, 0.717) is 16.6 Å². The number of rotatable bonds is 5. The molecular weight excluding hydrogens is 386 g/mol. The number of fused-ring (bicyclic) bond motifs is 1. The molecule has 1 heterocycles. The van der Waals surface area contributed by atoms with Crippen LogP contribution in [0.25, 0.3) is 11.0 Å². The Morgan fingerprint density at radius 3 is 2.50 bits per heavy atom. The summed E-state index contributed by atoms with van der Waals surface area (Å²) in [5.41, 5.74) is 1.37.